The molecule has 2 aromatic carbocycles. The molecule has 0 N–H and O–H groups in total. The molecule has 0 amide bonds. The molecule has 0 unspecified atom stereocenters. The Hall–Kier alpha value is -2.85. The summed E-state index contributed by atoms with van der Waals surface area (Å²) in [5.74, 6) is 1.11. The summed E-state index contributed by atoms with van der Waals surface area (Å²) in [4.78, 5) is 10.0. The minimum Gasteiger partial charge on any atom is -0.352 e. The van der Waals surface area contributed by atoms with Crippen molar-refractivity contribution in [1.82, 2.24) is 14.3 Å². The van der Waals surface area contributed by atoms with E-state index in [2.05, 4.69) is 88.0 Å². The quantitative estimate of drug-likeness (QED) is 0.552. The first-order valence-electron chi connectivity index (χ1n) is 9.66. The van der Waals surface area contributed by atoms with Crippen molar-refractivity contribution >= 4 is 22.4 Å². The van der Waals surface area contributed by atoms with Crippen molar-refractivity contribution in [2.75, 3.05) is 31.1 Å². The first-order valence-corrected chi connectivity index (χ1v) is 9.66. The predicted molar refractivity (Wildman–Crippen MR) is 111 cm³/mol. The molecule has 1 saturated heterocycles. The van der Waals surface area contributed by atoms with E-state index in [0.29, 0.717) is 0 Å². The van der Waals surface area contributed by atoms with Gasteiger partial charge in [-0.15, -0.1) is 0 Å². The van der Waals surface area contributed by atoms with Crippen LogP contribution in [0.2, 0.25) is 0 Å². The van der Waals surface area contributed by atoms with Gasteiger partial charge in [0.15, 0.2) is 5.82 Å². The summed E-state index contributed by atoms with van der Waals surface area (Å²) in [6.07, 6.45) is 2.14. The Morgan fingerprint density at radius 2 is 1.67 bits per heavy atom. The first kappa shape index (κ1) is 16.3. The highest BCUT2D eigenvalue weighted by Gasteiger charge is 2.21. The number of aryl methyl sites for hydroxylation is 1. The lowest BCUT2D eigenvalue weighted by Crippen LogP contribution is -2.46. The Balaban J connectivity index is 1.42. The van der Waals surface area contributed by atoms with Crippen LogP contribution in [0.15, 0.2) is 66.9 Å². The Bertz CT molecular complexity index is 1080. The van der Waals surface area contributed by atoms with Gasteiger partial charge in [0.05, 0.1) is 16.6 Å². The Kier molecular flexibility index (Phi) is 4.06. The Labute approximate surface area is 159 Å². The first-order chi connectivity index (χ1) is 13.3. The van der Waals surface area contributed by atoms with E-state index in [1.165, 1.54) is 22.2 Å². The van der Waals surface area contributed by atoms with Crippen molar-refractivity contribution in [3.05, 3.63) is 78.0 Å². The number of hydrogen-bond acceptors (Lipinski definition) is 3. The van der Waals surface area contributed by atoms with E-state index >= 15 is 0 Å². The zero-order valence-corrected chi connectivity index (χ0v) is 15.7. The van der Waals surface area contributed by atoms with E-state index in [1.807, 2.05) is 0 Å². The maximum atomic E-state index is 5.06. The standard InChI is InChI=1S/C23H24N4/c1-18-9-10-21-20(16-18)24-23(22-8-5-11-27(21)22)26-14-12-25(13-15-26)17-19-6-3-2-4-7-19/h2-11,16H,12-15,17H2,1H3. The Morgan fingerprint density at radius 3 is 2.48 bits per heavy atom. The third-order valence-electron chi connectivity index (χ3n) is 5.52. The number of piperazine rings is 1. The van der Waals surface area contributed by atoms with Crippen molar-refractivity contribution in [2.24, 2.45) is 0 Å². The van der Waals surface area contributed by atoms with E-state index in [4.69, 9.17) is 4.98 Å². The lowest BCUT2D eigenvalue weighted by Gasteiger charge is -2.35. The number of anilines is 1. The van der Waals surface area contributed by atoms with Gasteiger partial charge in [-0.05, 0) is 42.3 Å². The molecule has 4 aromatic rings. The average Bonchev–Trinajstić information content (AvgIpc) is 3.18. The van der Waals surface area contributed by atoms with Gasteiger partial charge >= 0.3 is 0 Å². The van der Waals surface area contributed by atoms with Gasteiger partial charge in [0.1, 0.15) is 0 Å². The van der Waals surface area contributed by atoms with E-state index in [0.717, 1.165) is 44.1 Å². The van der Waals surface area contributed by atoms with Crippen LogP contribution in [0, 0.1) is 6.92 Å². The second kappa shape index (κ2) is 6.71. The van der Waals surface area contributed by atoms with Crippen LogP contribution in [0.5, 0.6) is 0 Å². The molecule has 5 rings (SSSR count). The molecule has 3 heterocycles. The molecule has 0 atom stereocenters. The molecular formula is C23H24N4. The van der Waals surface area contributed by atoms with E-state index < -0.39 is 0 Å². The highest BCUT2D eigenvalue weighted by atomic mass is 15.3. The largest absolute Gasteiger partial charge is 0.352 e. The van der Waals surface area contributed by atoms with E-state index in [9.17, 15) is 0 Å². The third kappa shape index (κ3) is 3.06. The molecule has 0 radical (unpaired) electrons. The minimum atomic E-state index is 1.01. The third-order valence-corrected chi connectivity index (χ3v) is 5.52. The summed E-state index contributed by atoms with van der Waals surface area (Å²) < 4.78 is 2.27. The summed E-state index contributed by atoms with van der Waals surface area (Å²) in [6, 6.07) is 21.6. The molecule has 0 saturated carbocycles. The number of nitrogens with zero attached hydrogens (tertiary/aromatic N) is 4. The molecule has 4 heteroatoms. The maximum absolute atomic E-state index is 5.06. The SMILES string of the molecule is Cc1ccc2c(c1)nc(N1CCN(Cc3ccccc3)CC1)c1cccn12. The van der Waals surface area contributed by atoms with Crippen molar-refractivity contribution in [3.63, 3.8) is 0 Å². The molecule has 0 bridgehead atoms. The van der Waals surface area contributed by atoms with Crippen LogP contribution in [-0.4, -0.2) is 40.5 Å². The van der Waals surface area contributed by atoms with Gasteiger partial charge in [-0.2, -0.15) is 0 Å². The zero-order valence-electron chi connectivity index (χ0n) is 15.7. The predicted octanol–water partition coefficient (Wildman–Crippen LogP) is 4.12. The minimum absolute atomic E-state index is 1.01. The molecule has 4 nitrogen and oxygen atoms in total. The monoisotopic (exact) mass is 356 g/mol. The summed E-state index contributed by atoms with van der Waals surface area (Å²) >= 11 is 0. The van der Waals surface area contributed by atoms with Crippen LogP contribution in [0.1, 0.15) is 11.1 Å². The van der Waals surface area contributed by atoms with Crippen LogP contribution >= 0.6 is 0 Å². The van der Waals surface area contributed by atoms with Crippen molar-refractivity contribution in [3.8, 4) is 0 Å². The highest BCUT2D eigenvalue weighted by molar-refractivity contribution is 5.85. The average molecular weight is 356 g/mol. The molecule has 0 aliphatic carbocycles. The molecule has 2 aromatic heterocycles. The molecule has 136 valence electrons. The van der Waals surface area contributed by atoms with Gasteiger partial charge in [0, 0.05) is 38.9 Å². The molecular weight excluding hydrogens is 332 g/mol. The number of fused-ring (bicyclic) bond motifs is 3. The fraction of sp³-hybridized carbons (Fsp3) is 0.261. The summed E-state index contributed by atoms with van der Waals surface area (Å²) in [5, 5.41) is 0. The number of benzene rings is 2. The number of aromatic nitrogens is 2. The van der Waals surface area contributed by atoms with Crippen molar-refractivity contribution < 1.29 is 0 Å². The molecule has 0 spiro atoms. The Morgan fingerprint density at radius 1 is 0.852 bits per heavy atom. The molecule has 1 aliphatic rings. The second-order valence-corrected chi connectivity index (χ2v) is 7.44. The van der Waals surface area contributed by atoms with Crippen LogP contribution in [0.25, 0.3) is 16.6 Å². The van der Waals surface area contributed by atoms with Gasteiger partial charge in [0.2, 0.25) is 0 Å². The zero-order chi connectivity index (χ0) is 18.2. The van der Waals surface area contributed by atoms with E-state index in [-0.39, 0.29) is 0 Å². The van der Waals surface area contributed by atoms with Crippen LogP contribution in [0.4, 0.5) is 5.82 Å². The summed E-state index contributed by atoms with van der Waals surface area (Å²) in [5.41, 5.74) is 6.08. The fourth-order valence-corrected chi connectivity index (χ4v) is 4.06. The van der Waals surface area contributed by atoms with Crippen molar-refractivity contribution in [1.29, 1.82) is 0 Å². The normalized spacial score (nSPS) is 15.7. The van der Waals surface area contributed by atoms with Gasteiger partial charge in [-0.25, -0.2) is 4.98 Å². The van der Waals surface area contributed by atoms with Crippen molar-refractivity contribution in [2.45, 2.75) is 13.5 Å². The second-order valence-electron chi connectivity index (χ2n) is 7.44. The van der Waals surface area contributed by atoms with Crippen LogP contribution in [-0.2, 0) is 6.54 Å². The molecule has 27 heavy (non-hydrogen) atoms. The highest BCUT2D eigenvalue weighted by Crippen LogP contribution is 2.27. The summed E-state index contributed by atoms with van der Waals surface area (Å²) in [6.45, 7) is 7.31. The van der Waals surface area contributed by atoms with Crippen LogP contribution < -0.4 is 4.90 Å². The summed E-state index contributed by atoms with van der Waals surface area (Å²) in [7, 11) is 0. The van der Waals surface area contributed by atoms with E-state index in [1.54, 1.807) is 0 Å². The van der Waals surface area contributed by atoms with Gasteiger partial charge in [0.25, 0.3) is 0 Å². The van der Waals surface area contributed by atoms with Gasteiger partial charge in [-0.1, -0.05) is 36.4 Å². The molecule has 1 aliphatic heterocycles. The topological polar surface area (TPSA) is 23.8 Å². The lowest BCUT2D eigenvalue weighted by atomic mass is 10.2. The maximum Gasteiger partial charge on any atom is 0.153 e. The number of rotatable bonds is 3. The van der Waals surface area contributed by atoms with Gasteiger partial charge < -0.3 is 9.30 Å². The van der Waals surface area contributed by atoms with Crippen LogP contribution in [0.3, 0.4) is 0 Å². The number of hydrogen-bond donors (Lipinski definition) is 0. The molecule has 1 fully saturated rings. The smallest absolute Gasteiger partial charge is 0.153 e. The van der Waals surface area contributed by atoms with Gasteiger partial charge in [-0.3, -0.25) is 4.90 Å². The fourth-order valence-electron chi connectivity index (χ4n) is 4.06. The lowest BCUT2D eigenvalue weighted by molar-refractivity contribution is 0.249.